The maximum absolute atomic E-state index is 12.5. The maximum Gasteiger partial charge on any atom is 0.253 e. The zero-order chi connectivity index (χ0) is 16.6. The SMILES string of the molecule is C[C@@]1(O)CCN(C(=O)c2ccc(N3CCCC3=O)cc2)C[C@@H]1O. The highest BCUT2D eigenvalue weighted by Crippen LogP contribution is 2.25. The second-order valence-corrected chi connectivity index (χ2v) is 6.57. The van der Waals surface area contributed by atoms with Gasteiger partial charge in [-0.2, -0.15) is 0 Å². The van der Waals surface area contributed by atoms with Crippen LogP contribution in [0.1, 0.15) is 36.5 Å². The van der Waals surface area contributed by atoms with E-state index < -0.39 is 11.7 Å². The van der Waals surface area contributed by atoms with Gasteiger partial charge in [0.15, 0.2) is 0 Å². The summed E-state index contributed by atoms with van der Waals surface area (Å²) in [7, 11) is 0. The number of amides is 2. The normalized spacial score (nSPS) is 28.3. The summed E-state index contributed by atoms with van der Waals surface area (Å²) >= 11 is 0. The Labute approximate surface area is 135 Å². The van der Waals surface area contributed by atoms with E-state index in [1.807, 2.05) is 0 Å². The molecule has 124 valence electrons. The summed E-state index contributed by atoms with van der Waals surface area (Å²) in [6.45, 7) is 2.84. The van der Waals surface area contributed by atoms with Crippen molar-refractivity contribution in [3.8, 4) is 0 Å². The van der Waals surface area contributed by atoms with Crippen molar-refractivity contribution in [1.82, 2.24) is 4.90 Å². The molecule has 0 aromatic heterocycles. The number of rotatable bonds is 2. The van der Waals surface area contributed by atoms with Crippen LogP contribution in [0, 0.1) is 0 Å². The molecule has 2 aliphatic heterocycles. The molecule has 0 radical (unpaired) electrons. The summed E-state index contributed by atoms with van der Waals surface area (Å²) in [6, 6.07) is 6.99. The first-order chi connectivity index (χ1) is 10.9. The fourth-order valence-corrected chi connectivity index (χ4v) is 3.10. The molecule has 2 heterocycles. The van der Waals surface area contributed by atoms with Gasteiger partial charge in [-0.25, -0.2) is 0 Å². The van der Waals surface area contributed by atoms with Crippen LogP contribution >= 0.6 is 0 Å². The smallest absolute Gasteiger partial charge is 0.253 e. The van der Waals surface area contributed by atoms with Crippen LogP contribution in [0.4, 0.5) is 5.69 Å². The predicted octanol–water partition coefficient (Wildman–Crippen LogP) is 0.771. The van der Waals surface area contributed by atoms with Gasteiger partial charge in [0.05, 0.1) is 11.7 Å². The molecule has 2 atom stereocenters. The van der Waals surface area contributed by atoms with E-state index in [9.17, 15) is 19.8 Å². The van der Waals surface area contributed by atoms with Gasteiger partial charge in [0.1, 0.15) is 0 Å². The molecule has 6 heteroatoms. The molecule has 0 saturated carbocycles. The molecule has 2 saturated heterocycles. The Kier molecular flexibility index (Phi) is 4.12. The number of likely N-dealkylation sites (tertiary alicyclic amines) is 1. The van der Waals surface area contributed by atoms with E-state index in [0.29, 0.717) is 24.9 Å². The van der Waals surface area contributed by atoms with Crippen molar-refractivity contribution >= 4 is 17.5 Å². The van der Waals surface area contributed by atoms with E-state index in [1.54, 1.807) is 41.0 Å². The fraction of sp³-hybridized carbons (Fsp3) is 0.529. The zero-order valence-corrected chi connectivity index (χ0v) is 13.2. The molecule has 3 rings (SSSR count). The van der Waals surface area contributed by atoms with Gasteiger partial charge in [0.25, 0.3) is 5.91 Å². The second-order valence-electron chi connectivity index (χ2n) is 6.57. The van der Waals surface area contributed by atoms with Gasteiger partial charge in [0, 0.05) is 37.3 Å². The molecule has 0 unspecified atom stereocenters. The lowest BCUT2D eigenvalue weighted by Gasteiger charge is -2.39. The molecule has 2 fully saturated rings. The van der Waals surface area contributed by atoms with Gasteiger partial charge in [-0.15, -0.1) is 0 Å². The summed E-state index contributed by atoms with van der Waals surface area (Å²) in [5.74, 6) is -0.0516. The third-order valence-electron chi connectivity index (χ3n) is 4.79. The van der Waals surface area contributed by atoms with Crippen LogP contribution < -0.4 is 4.90 Å². The third-order valence-corrected chi connectivity index (χ3v) is 4.79. The molecule has 0 aliphatic carbocycles. The minimum atomic E-state index is -1.14. The highest BCUT2D eigenvalue weighted by molar-refractivity contribution is 5.97. The number of anilines is 1. The molecule has 1 aromatic carbocycles. The average molecular weight is 318 g/mol. The van der Waals surface area contributed by atoms with Crippen LogP contribution in [-0.2, 0) is 4.79 Å². The van der Waals surface area contributed by atoms with Gasteiger partial charge in [0.2, 0.25) is 5.91 Å². The Morgan fingerprint density at radius 2 is 1.96 bits per heavy atom. The molecule has 2 amide bonds. The summed E-state index contributed by atoms with van der Waals surface area (Å²) in [6.07, 6.45) is 0.846. The molecule has 6 nitrogen and oxygen atoms in total. The number of aliphatic hydroxyl groups excluding tert-OH is 1. The first-order valence-electron chi connectivity index (χ1n) is 7.98. The van der Waals surface area contributed by atoms with Crippen molar-refractivity contribution in [2.24, 2.45) is 0 Å². The monoisotopic (exact) mass is 318 g/mol. The van der Waals surface area contributed by atoms with Crippen molar-refractivity contribution in [2.75, 3.05) is 24.5 Å². The lowest BCUT2D eigenvalue weighted by Crippen LogP contribution is -2.55. The lowest BCUT2D eigenvalue weighted by molar-refractivity contribution is -0.117. The van der Waals surface area contributed by atoms with E-state index in [2.05, 4.69) is 0 Å². The van der Waals surface area contributed by atoms with Crippen molar-refractivity contribution in [1.29, 1.82) is 0 Å². The molecule has 0 spiro atoms. The highest BCUT2D eigenvalue weighted by Gasteiger charge is 2.38. The molecule has 0 bridgehead atoms. The van der Waals surface area contributed by atoms with Crippen molar-refractivity contribution in [3.05, 3.63) is 29.8 Å². The standard InChI is InChI=1S/C17H22N2O4/c1-17(23)8-10-18(11-14(17)20)16(22)12-4-6-13(7-5-12)19-9-2-3-15(19)21/h4-7,14,20,23H,2-3,8-11H2,1H3/t14-,17+/m0/s1. The molecule has 2 aliphatic rings. The van der Waals surface area contributed by atoms with Crippen molar-refractivity contribution in [3.63, 3.8) is 0 Å². The first-order valence-corrected chi connectivity index (χ1v) is 7.98. The summed E-state index contributed by atoms with van der Waals surface area (Å²) in [5, 5.41) is 19.9. The summed E-state index contributed by atoms with van der Waals surface area (Å²) in [5.41, 5.74) is 0.191. The fourth-order valence-electron chi connectivity index (χ4n) is 3.10. The summed E-state index contributed by atoms with van der Waals surface area (Å²) < 4.78 is 0. The van der Waals surface area contributed by atoms with Crippen molar-refractivity contribution < 1.29 is 19.8 Å². The molecule has 2 N–H and O–H groups in total. The number of β-amino-alcohol motifs (C(OH)–C–C–N with tert-alkyl or cyclic N) is 1. The second kappa shape index (κ2) is 5.94. The molecular weight excluding hydrogens is 296 g/mol. The quantitative estimate of drug-likeness (QED) is 0.844. The Hall–Kier alpha value is -1.92. The van der Waals surface area contributed by atoms with Crippen molar-refractivity contribution in [2.45, 2.75) is 37.9 Å². The number of piperidine rings is 1. The van der Waals surface area contributed by atoms with Crippen LogP contribution in [0.3, 0.4) is 0 Å². The van der Waals surface area contributed by atoms with Gasteiger partial charge >= 0.3 is 0 Å². The van der Waals surface area contributed by atoms with Gasteiger partial charge in [-0.1, -0.05) is 0 Å². The van der Waals surface area contributed by atoms with Gasteiger partial charge in [-0.3, -0.25) is 9.59 Å². The number of benzene rings is 1. The van der Waals surface area contributed by atoms with Crippen LogP contribution in [0.2, 0.25) is 0 Å². The number of hydrogen-bond donors (Lipinski definition) is 2. The number of carbonyl (C=O) groups is 2. The van der Waals surface area contributed by atoms with E-state index in [-0.39, 0.29) is 18.4 Å². The number of aliphatic hydroxyl groups is 2. The number of nitrogens with zero attached hydrogens (tertiary/aromatic N) is 2. The highest BCUT2D eigenvalue weighted by atomic mass is 16.3. The minimum Gasteiger partial charge on any atom is -0.388 e. The predicted molar refractivity (Wildman–Crippen MR) is 85.2 cm³/mol. The van der Waals surface area contributed by atoms with E-state index in [0.717, 1.165) is 18.7 Å². The largest absolute Gasteiger partial charge is 0.388 e. The third kappa shape index (κ3) is 3.09. The Morgan fingerprint density at radius 1 is 1.26 bits per heavy atom. The first kappa shape index (κ1) is 16.0. The average Bonchev–Trinajstić information content (AvgIpc) is 2.96. The van der Waals surface area contributed by atoms with Crippen LogP contribution in [0.25, 0.3) is 0 Å². The molecule has 1 aromatic rings. The van der Waals surface area contributed by atoms with E-state index in [1.165, 1.54) is 0 Å². The van der Waals surface area contributed by atoms with E-state index in [4.69, 9.17) is 0 Å². The van der Waals surface area contributed by atoms with Crippen LogP contribution in [0.15, 0.2) is 24.3 Å². The Balaban J connectivity index is 1.70. The minimum absolute atomic E-state index is 0.116. The number of carbonyl (C=O) groups excluding carboxylic acids is 2. The maximum atomic E-state index is 12.5. The van der Waals surface area contributed by atoms with Gasteiger partial charge < -0.3 is 20.0 Å². The van der Waals surface area contributed by atoms with Crippen LogP contribution in [0.5, 0.6) is 0 Å². The summed E-state index contributed by atoms with van der Waals surface area (Å²) in [4.78, 5) is 27.5. The van der Waals surface area contributed by atoms with Crippen LogP contribution in [-0.4, -0.2) is 58.3 Å². The number of hydrogen-bond acceptors (Lipinski definition) is 4. The van der Waals surface area contributed by atoms with E-state index >= 15 is 0 Å². The Bertz CT molecular complexity index is 612. The topological polar surface area (TPSA) is 81.1 Å². The molecular formula is C17H22N2O4. The zero-order valence-electron chi connectivity index (χ0n) is 13.2. The lowest BCUT2D eigenvalue weighted by atomic mass is 9.90. The Morgan fingerprint density at radius 3 is 2.52 bits per heavy atom. The molecule has 23 heavy (non-hydrogen) atoms. The van der Waals surface area contributed by atoms with Gasteiger partial charge in [-0.05, 0) is 44.0 Å².